The molecule has 1 amide bonds. The summed E-state index contributed by atoms with van der Waals surface area (Å²) in [7, 11) is 4.21. The zero-order chi connectivity index (χ0) is 10.1. The second-order valence-corrected chi connectivity index (χ2v) is 5.37. The van der Waals surface area contributed by atoms with Gasteiger partial charge in [-0.05, 0) is 11.7 Å². The second-order valence-electron chi connectivity index (χ2n) is 5.37. The Bertz CT molecular complexity index is 321. The van der Waals surface area contributed by atoms with E-state index in [-0.39, 0.29) is 17.5 Å². The molecule has 75 valence electrons. The van der Waals surface area contributed by atoms with Gasteiger partial charge in [0, 0.05) is 7.05 Å². The van der Waals surface area contributed by atoms with Crippen molar-refractivity contribution < 1.29 is 9.53 Å². The van der Waals surface area contributed by atoms with Gasteiger partial charge in [0.25, 0.3) is 0 Å². The van der Waals surface area contributed by atoms with Gasteiger partial charge in [-0.3, -0.25) is 0 Å². The third kappa shape index (κ3) is 0.744. The molecule has 3 fully saturated rings. The molecule has 3 rings (SSSR count). The number of hydrogen-bond donors (Lipinski definition) is 0. The highest BCUT2D eigenvalue weighted by atomic mass is 16.6. The van der Waals surface area contributed by atoms with Crippen LogP contribution >= 0.6 is 0 Å². The van der Waals surface area contributed by atoms with E-state index in [1.54, 1.807) is 4.90 Å². The maximum absolute atomic E-state index is 11.4. The molecular formula is C10H15BNO2. The summed E-state index contributed by atoms with van der Waals surface area (Å²) in [5, 5.41) is 0.454. The van der Waals surface area contributed by atoms with Gasteiger partial charge in [-0.15, -0.1) is 0 Å². The van der Waals surface area contributed by atoms with E-state index >= 15 is 0 Å². The van der Waals surface area contributed by atoms with Crippen LogP contribution in [0.4, 0.5) is 4.79 Å². The normalized spacial score (nSPS) is 54.5. The van der Waals surface area contributed by atoms with Gasteiger partial charge < -0.3 is 9.64 Å². The van der Waals surface area contributed by atoms with Crippen molar-refractivity contribution in [3.63, 3.8) is 0 Å². The van der Waals surface area contributed by atoms with Gasteiger partial charge in [-0.2, -0.15) is 0 Å². The lowest BCUT2D eigenvalue weighted by Gasteiger charge is -2.36. The second kappa shape index (κ2) is 2.12. The molecule has 0 aromatic rings. The Morgan fingerprint density at radius 3 is 3.00 bits per heavy atom. The van der Waals surface area contributed by atoms with Crippen LogP contribution in [0.5, 0.6) is 0 Å². The first-order chi connectivity index (χ1) is 6.48. The van der Waals surface area contributed by atoms with Crippen LogP contribution in [0.2, 0.25) is 10.6 Å². The molecule has 2 aliphatic heterocycles. The van der Waals surface area contributed by atoms with Crippen molar-refractivity contribution in [2.45, 2.75) is 49.5 Å². The lowest BCUT2D eigenvalue weighted by atomic mass is 9.76. The van der Waals surface area contributed by atoms with Crippen LogP contribution in [0.25, 0.3) is 0 Å². The van der Waals surface area contributed by atoms with Gasteiger partial charge in [-0.1, -0.05) is 25.6 Å². The maximum atomic E-state index is 11.4. The van der Waals surface area contributed by atoms with Gasteiger partial charge in [0.2, 0.25) is 0 Å². The van der Waals surface area contributed by atoms with Crippen LogP contribution in [0, 0.1) is 0 Å². The summed E-state index contributed by atoms with van der Waals surface area (Å²) in [6.45, 7) is 4.49. The van der Waals surface area contributed by atoms with Crippen LogP contribution in [-0.4, -0.2) is 37.5 Å². The van der Waals surface area contributed by atoms with Crippen molar-refractivity contribution in [2.24, 2.45) is 0 Å². The van der Waals surface area contributed by atoms with E-state index in [4.69, 9.17) is 4.74 Å². The highest BCUT2D eigenvalue weighted by Gasteiger charge is 2.72. The van der Waals surface area contributed by atoms with Crippen LogP contribution in [0.3, 0.4) is 0 Å². The Labute approximate surface area is 85.0 Å². The third-order valence-corrected chi connectivity index (χ3v) is 4.68. The number of nitrogens with zero attached hydrogens (tertiary/aromatic N) is 1. The van der Waals surface area contributed by atoms with Crippen molar-refractivity contribution in [2.75, 3.05) is 7.05 Å². The van der Waals surface area contributed by atoms with E-state index in [9.17, 15) is 4.79 Å². The van der Waals surface area contributed by atoms with Gasteiger partial charge in [0.05, 0.1) is 6.04 Å². The first kappa shape index (κ1) is 8.63. The van der Waals surface area contributed by atoms with Crippen molar-refractivity contribution in [3.8, 4) is 0 Å². The summed E-state index contributed by atoms with van der Waals surface area (Å²) in [4.78, 5) is 13.2. The maximum Gasteiger partial charge on any atom is 0.410 e. The molecular weight excluding hydrogens is 177 g/mol. The number of hydrogen-bond acceptors (Lipinski definition) is 2. The van der Waals surface area contributed by atoms with Crippen molar-refractivity contribution in [1.29, 1.82) is 0 Å². The molecule has 3 aliphatic rings. The number of amides is 1. The van der Waals surface area contributed by atoms with Gasteiger partial charge in [-0.25, -0.2) is 4.79 Å². The Kier molecular flexibility index (Phi) is 1.31. The largest absolute Gasteiger partial charge is 0.444 e. The monoisotopic (exact) mass is 192 g/mol. The fraction of sp³-hybridized carbons (Fsp3) is 0.900. The zero-order valence-electron chi connectivity index (χ0n) is 8.91. The van der Waals surface area contributed by atoms with E-state index in [0.717, 1.165) is 6.42 Å². The first-order valence-electron chi connectivity index (χ1n) is 5.28. The van der Waals surface area contributed by atoms with Crippen LogP contribution in [0.15, 0.2) is 0 Å². The van der Waals surface area contributed by atoms with Crippen molar-refractivity contribution in [3.05, 3.63) is 0 Å². The van der Waals surface area contributed by atoms with Crippen LogP contribution < -0.4 is 0 Å². The summed E-state index contributed by atoms with van der Waals surface area (Å²) in [6.07, 6.45) is 2.21. The quantitative estimate of drug-likeness (QED) is 0.546. The fourth-order valence-corrected chi connectivity index (χ4v) is 3.30. The van der Waals surface area contributed by atoms with Crippen LogP contribution in [0.1, 0.15) is 26.7 Å². The lowest BCUT2D eigenvalue weighted by molar-refractivity contribution is 0.0894. The molecule has 1 aliphatic carbocycles. The molecule has 0 aromatic heterocycles. The summed E-state index contributed by atoms with van der Waals surface area (Å²) in [5.41, 5.74) is 0. The van der Waals surface area contributed by atoms with Crippen molar-refractivity contribution in [1.82, 2.24) is 4.90 Å². The molecule has 0 N–H and O–H groups in total. The Hall–Kier alpha value is -0.665. The first-order valence-corrected chi connectivity index (χ1v) is 5.28. The molecule has 0 aromatic carbocycles. The number of fused-ring (bicyclic) bond motifs is 3. The molecule has 1 saturated carbocycles. The summed E-state index contributed by atoms with van der Waals surface area (Å²) in [6, 6.07) is 0.305. The van der Waals surface area contributed by atoms with E-state index in [0.29, 0.717) is 11.4 Å². The minimum absolute atomic E-state index is 0.0961. The topological polar surface area (TPSA) is 29.5 Å². The van der Waals surface area contributed by atoms with Crippen molar-refractivity contribution >= 4 is 13.4 Å². The molecule has 14 heavy (non-hydrogen) atoms. The highest BCUT2D eigenvalue weighted by molar-refractivity contribution is 6.60. The van der Waals surface area contributed by atoms with Gasteiger partial charge in [0.15, 0.2) is 0 Å². The molecule has 2 heterocycles. The highest BCUT2D eigenvalue weighted by Crippen LogP contribution is 2.76. The number of likely N-dealkylation sites (N-methyl/N-ethyl adjacent to an activating group) is 1. The summed E-state index contributed by atoms with van der Waals surface area (Å²) in [5.74, 6) is 0. The standard InChI is InChI=1S/C10H15BNO2/c1-9-5-4-6-7(10(9,2)11-9)14-8(13)12(6)3/h6-7H,4-5H2,1-3H3/t6?,7-,9?,10?/m1/s1. The molecule has 1 radical (unpaired) electrons. The average molecular weight is 192 g/mol. The number of ether oxygens (including phenoxy) is 1. The predicted molar refractivity (Wildman–Crippen MR) is 53.5 cm³/mol. The third-order valence-electron chi connectivity index (χ3n) is 4.68. The summed E-state index contributed by atoms with van der Waals surface area (Å²) < 4.78 is 5.46. The number of carbonyl (C=O) groups excluding carboxylic acids is 1. The number of carbonyl (C=O) groups is 1. The Morgan fingerprint density at radius 2 is 2.29 bits per heavy atom. The van der Waals surface area contributed by atoms with E-state index < -0.39 is 0 Å². The molecule has 0 bridgehead atoms. The minimum atomic E-state index is -0.147. The zero-order valence-corrected chi connectivity index (χ0v) is 8.91. The van der Waals surface area contributed by atoms with Crippen LogP contribution in [-0.2, 0) is 4.74 Å². The fourth-order valence-electron chi connectivity index (χ4n) is 3.30. The molecule has 2 saturated heterocycles. The predicted octanol–water partition coefficient (Wildman–Crippen LogP) is 1.67. The lowest BCUT2D eigenvalue weighted by Crippen LogP contribution is -2.39. The SMILES string of the molecule is CN1C(=O)O[C@@H]2C1CCC1(C)[B]C21C. The molecule has 4 atom stereocenters. The Balaban J connectivity index is 1.95. The van der Waals surface area contributed by atoms with Gasteiger partial charge in [0.1, 0.15) is 13.4 Å². The minimum Gasteiger partial charge on any atom is -0.444 e. The molecule has 4 heteroatoms. The van der Waals surface area contributed by atoms with E-state index in [1.165, 1.54) is 6.42 Å². The smallest absolute Gasteiger partial charge is 0.410 e. The molecule has 3 unspecified atom stereocenters. The number of rotatable bonds is 0. The van der Waals surface area contributed by atoms with E-state index in [1.807, 2.05) is 7.05 Å². The average Bonchev–Trinajstić information content (AvgIpc) is 2.57. The molecule has 3 nitrogen and oxygen atoms in total. The summed E-state index contributed by atoms with van der Waals surface area (Å²) >= 11 is 0. The molecule has 0 spiro atoms. The Morgan fingerprint density at radius 1 is 1.57 bits per heavy atom. The van der Waals surface area contributed by atoms with E-state index in [2.05, 4.69) is 21.1 Å². The van der Waals surface area contributed by atoms with Gasteiger partial charge >= 0.3 is 6.09 Å².